The normalized spacial score (nSPS) is 21.3. The lowest BCUT2D eigenvalue weighted by molar-refractivity contribution is -0.143. The van der Waals surface area contributed by atoms with Crippen LogP contribution in [0, 0.1) is 0 Å². The molecule has 2 fully saturated rings. The minimum absolute atomic E-state index is 0.0194. The number of hydrogen-bond acceptors (Lipinski definition) is 4. The van der Waals surface area contributed by atoms with Gasteiger partial charge in [-0.15, -0.1) is 0 Å². The molecule has 6 heteroatoms. The van der Waals surface area contributed by atoms with Crippen molar-refractivity contribution in [1.82, 2.24) is 9.80 Å². The van der Waals surface area contributed by atoms with Gasteiger partial charge in [-0.3, -0.25) is 9.59 Å². The van der Waals surface area contributed by atoms with E-state index >= 15 is 0 Å². The van der Waals surface area contributed by atoms with E-state index in [1.807, 2.05) is 40.1 Å². The standard InChI is InChI=1S/C20H28N2O4/c1-16(23)22(17-9-12-25-13-10-17)18-6-5-11-21(14-18)20(24)15-26-19-7-3-2-4-8-19/h2-4,7-8,17-18H,5-6,9-15H2,1H3. The molecule has 26 heavy (non-hydrogen) atoms. The van der Waals surface area contributed by atoms with E-state index in [-0.39, 0.29) is 30.5 Å². The average molecular weight is 360 g/mol. The Morgan fingerprint density at radius 2 is 1.88 bits per heavy atom. The summed E-state index contributed by atoms with van der Waals surface area (Å²) in [6.45, 7) is 4.40. The first-order chi connectivity index (χ1) is 12.6. The smallest absolute Gasteiger partial charge is 0.260 e. The van der Waals surface area contributed by atoms with Crippen molar-refractivity contribution in [2.75, 3.05) is 32.9 Å². The first kappa shape index (κ1) is 18.7. The lowest BCUT2D eigenvalue weighted by Gasteiger charge is -2.43. The SMILES string of the molecule is CC(=O)N(C1CCOCC1)C1CCCN(C(=O)COc2ccccc2)C1. The molecule has 3 rings (SSSR count). The third kappa shape index (κ3) is 4.75. The van der Waals surface area contributed by atoms with Crippen LogP contribution in [0.15, 0.2) is 30.3 Å². The molecule has 2 saturated heterocycles. The molecule has 2 aliphatic heterocycles. The van der Waals surface area contributed by atoms with E-state index in [1.54, 1.807) is 6.92 Å². The first-order valence-corrected chi connectivity index (χ1v) is 9.47. The van der Waals surface area contributed by atoms with Crippen molar-refractivity contribution in [3.05, 3.63) is 30.3 Å². The predicted molar refractivity (Wildman–Crippen MR) is 97.9 cm³/mol. The molecule has 1 unspecified atom stereocenters. The van der Waals surface area contributed by atoms with Crippen LogP contribution in [0.2, 0.25) is 0 Å². The van der Waals surface area contributed by atoms with Gasteiger partial charge in [0.2, 0.25) is 5.91 Å². The van der Waals surface area contributed by atoms with Crippen molar-refractivity contribution >= 4 is 11.8 Å². The Bertz CT molecular complexity index is 601. The van der Waals surface area contributed by atoms with Crippen LogP contribution >= 0.6 is 0 Å². The van der Waals surface area contributed by atoms with E-state index in [2.05, 4.69) is 0 Å². The van der Waals surface area contributed by atoms with E-state index < -0.39 is 0 Å². The zero-order chi connectivity index (χ0) is 18.4. The molecule has 1 atom stereocenters. The van der Waals surface area contributed by atoms with Gasteiger partial charge in [0, 0.05) is 45.3 Å². The van der Waals surface area contributed by atoms with Crippen LogP contribution in [0.4, 0.5) is 0 Å². The van der Waals surface area contributed by atoms with E-state index in [4.69, 9.17) is 9.47 Å². The Labute approximate surface area is 155 Å². The maximum atomic E-state index is 12.6. The van der Waals surface area contributed by atoms with Crippen molar-refractivity contribution < 1.29 is 19.1 Å². The van der Waals surface area contributed by atoms with Gasteiger partial charge < -0.3 is 19.3 Å². The maximum Gasteiger partial charge on any atom is 0.260 e. The number of carbonyl (C=O) groups is 2. The second kappa shape index (κ2) is 9.03. The van der Waals surface area contributed by atoms with E-state index in [0.29, 0.717) is 25.5 Å². The van der Waals surface area contributed by atoms with Crippen LogP contribution in [-0.2, 0) is 14.3 Å². The molecule has 0 N–H and O–H groups in total. The number of carbonyl (C=O) groups excluding carboxylic acids is 2. The number of nitrogens with zero attached hydrogens (tertiary/aromatic N) is 2. The minimum Gasteiger partial charge on any atom is -0.484 e. The van der Waals surface area contributed by atoms with Gasteiger partial charge in [0.25, 0.3) is 5.91 Å². The summed E-state index contributed by atoms with van der Waals surface area (Å²) in [5, 5.41) is 0. The lowest BCUT2D eigenvalue weighted by atomic mass is 9.98. The molecule has 2 aliphatic rings. The van der Waals surface area contributed by atoms with Crippen LogP contribution in [0.25, 0.3) is 0 Å². The van der Waals surface area contributed by atoms with E-state index in [1.165, 1.54) is 0 Å². The van der Waals surface area contributed by atoms with Crippen molar-refractivity contribution in [3.63, 3.8) is 0 Å². The van der Waals surface area contributed by atoms with Crippen molar-refractivity contribution in [2.45, 2.75) is 44.7 Å². The monoisotopic (exact) mass is 360 g/mol. The Balaban J connectivity index is 1.58. The number of para-hydroxylation sites is 1. The van der Waals surface area contributed by atoms with E-state index in [0.717, 1.165) is 32.2 Å². The molecule has 0 spiro atoms. The Kier molecular flexibility index (Phi) is 6.50. The van der Waals surface area contributed by atoms with Crippen LogP contribution in [0.3, 0.4) is 0 Å². The molecule has 1 aromatic carbocycles. The highest BCUT2D eigenvalue weighted by atomic mass is 16.5. The van der Waals surface area contributed by atoms with Gasteiger partial charge in [-0.2, -0.15) is 0 Å². The predicted octanol–water partition coefficient (Wildman–Crippen LogP) is 2.08. The average Bonchev–Trinajstić information content (AvgIpc) is 2.68. The lowest BCUT2D eigenvalue weighted by Crippen LogP contribution is -2.56. The summed E-state index contributed by atoms with van der Waals surface area (Å²) in [6, 6.07) is 9.68. The van der Waals surface area contributed by atoms with E-state index in [9.17, 15) is 9.59 Å². The summed E-state index contributed by atoms with van der Waals surface area (Å²) in [4.78, 5) is 28.7. The third-order valence-corrected chi connectivity index (χ3v) is 5.20. The minimum atomic E-state index is -0.0194. The zero-order valence-electron chi connectivity index (χ0n) is 15.4. The maximum absolute atomic E-state index is 12.6. The van der Waals surface area contributed by atoms with Gasteiger partial charge in [-0.05, 0) is 37.8 Å². The van der Waals surface area contributed by atoms with Crippen molar-refractivity contribution in [2.24, 2.45) is 0 Å². The fourth-order valence-electron chi connectivity index (χ4n) is 3.94. The Hall–Kier alpha value is -2.08. The first-order valence-electron chi connectivity index (χ1n) is 9.47. The molecule has 0 aromatic heterocycles. The number of hydrogen-bond donors (Lipinski definition) is 0. The summed E-state index contributed by atoms with van der Waals surface area (Å²) in [5.41, 5.74) is 0. The van der Waals surface area contributed by atoms with Crippen LogP contribution in [-0.4, -0.2) is 66.6 Å². The molecular weight excluding hydrogens is 332 g/mol. The summed E-state index contributed by atoms with van der Waals surface area (Å²) in [5.74, 6) is 0.771. The largest absolute Gasteiger partial charge is 0.484 e. The highest BCUT2D eigenvalue weighted by Crippen LogP contribution is 2.23. The highest BCUT2D eigenvalue weighted by Gasteiger charge is 2.34. The fourth-order valence-corrected chi connectivity index (χ4v) is 3.94. The second-order valence-corrected chi connectivity index (χ2v) is 7.01. The van der Waals surface area contributed by atoms with Gasteiger partial charge in [-0.25, -0.2) is 0 Å². The quantitative estimate of drug-likeness (QED) is 0.807. The summed E-state index contributed by atoms with van der Waals surface area (Å²) >= 11 is 0. The number of piperidine rings is 1. The molecule has 2 heterocycles. The molecule has 142 valence electrons. The Morgan fingerprint density at radius 1 is 1.15 bits per heavy atom. The summed E-state index contributed by atoms with van der Waals surface area (Å²) in [7, 11) is 0. The van der Waals surface area contributed by atoms with Crippen molar-refractivity contribution in [1.29, 1.82) is 0 Å². The molecular formula is C20H28N2O4. The van der Waals surface area contributed by atoms with Gasteiger partial charge in [0.1, 0.15) is 5.75 Å². The van der Waals surface area contributed by atoms with Gasteiger partial charge >= 0.3 is 0 Å². The van der Waals surface area contributed by atoms with Gasteiger partial charge in [0.05, 0.1) is 0 Å². The second-order valence-electron chi connectivity index (χ2n) is 7.01. The topological polar surface area (TPSA) is 59.1 Å². The van der Waals surface area contributed by atoms with Crippen LogP contribution in [0.5, 0.6) is 5.75 Å². The zero-order valence-corrected chi connectivity index (χ0v) is 15.4. The summed E-state index contributed by atoms with van der Waals surface area (Å²) in [6.07, 6.45) is 3.61. The van der Waals surface area contributed by atoms with Gasteiger partial charge in [0.15, 0.2) is 6.61 Å². The number of rotatable bonds is 5. The number of benzene rings is 1. The Morgan fingerprint density at radius 3 is 2.58 bits per heavy atom. The molecule has 0 saturated carbocycles. The summed E-state index contributed by atoms with van der Waals surface area (Å²) < 4.78 is 11.0. The van der Waals surface area contributed by atoms with Crippen molar-refractivity contribution in [3.8, 4) is 5.75 Å². The number of likely N-dealkylation sites (tertiary alicyclic amines) is 1. The third-order valence-electron chi connectivity index (χ3n) is 5.20. The fraction of sp³-hybridized carbons (Fsp3) is 0.600. The molecule has 1 aromatic rings. The molecule has 6 nitrogen and oxygen atoms in total. The molecule has 0 aliphatic carbocycles. The number of ether oxygens (including phenoxy) is 2. The van der Waals surface area contributed by atoms with Gasteiger partial charge in [-0.1, -0.05) is 18.2 Å². The molecule has 0 radical (unpaired) electrons. The van der Waals surface area contributed by atoms with Crippen LogP contribution < -0.4 is 4.74 Å². The molecule has 0 bridgehead atoms. The highest BCUT2D eigenvalue weighted by molar-refractivity contribution is 5.78. The number of amides is 2. The van der Waals surface area contributed by atoms with Crippen LogP contribution in [0.1, 0.15) is 32.6 Å². The molecule has 2 amide bonds.